The maximum atomic E-state index is 12.3. The van der Waals surface area contributed by atoms with Gasteiger partial charge in [0.1, 0.15) is 49.2 Å². The van der Waals surface area contributed by atoms with Crippen LogP contribution in [0.2, 0.25) is 0 Å². The molecule has 2 aliphatic heterocycles. The molecule has 0 spiro atoms. The summed E-state index contributed by atoms with van der Waals surface area (Å²) < 4.78 is 22.0. The number of allylic oxidation sites excluding steroid dienone is 1. The van der Waals surface area contributed by atoms with Crippen LogP contribution in [0, 0.1) is 5.92 Å². The molecule has 0 saturated carbocycles. The Morgan fingerprint density at radius 2 is 1.83 bits per heavy atom. The van der Waals surface area contributed by atoms with Gasteiger partial charge in [-0.2, -0.15) is 0 Å². The first kappa shape index (κ1) is 30.6. The van der Waals surface area contributed by atoms with Gasteiger partial charge in [0.2, 0.25) is 0 Å². The van der Waals surface area contributed by atoms with Gasteiger partial charge in [-0.3, -0.25) is 9.59 Å². The van der Waals surface area contributed by atoms with Gasteiger partial charge in [0, 0.05) is 12.0 Å². The van der Waals surface area contributed by atoms with E-state index >= 15 is 0 Å². The molecule has 2 saturated heterocycles. The molecule has 2 heterocycles. The number of aromatic hydroxyl groups is 1. The highest BCUT2D eigenvalue weighted by Crippen LogP contribution is 2.35. The molecule has 5 N–H and O–H groups in total. The van der Waals surface area contributed by atoms with Crippen molar-refractivity contribution in [2.45, 2.75) is 68.6 Å². The first-order chi connectivity index (χ1) is 19.6. The minimum absolute atomic E-state index is 0.0449. The third-order valence-electron chi connectivity index (χ3n) is 7.34. The van der Waals surface area contributed by atoms with Crippen molar-refractivity contribution in [1.29, 1.82) is 0 Å². The second kappa shape index (κ2) is 13.5. The summed E-state index contributed by atoms with van der Waals surface area (Å²) in [6.45, 7) is 3.15. The fourth-order valence-electron chi connectivity index (χ4n) is 5.01. The molecule has 1 aliphatic carbocycles. The van der Waals surface area contributed by atoms with Crippen LogP contribution in [0.25, 0.3) is 0 Å². The molecule has 0 bridgehead atoms. The lowest BCUT2D eigenvalue weighted by Crippen LogP contribution is -2.59. The van der Waals surface area contributed by atoms with E-state index in [9.17, 15) is 39.9 Å². The number of phenolic OH excluding ortho intramolecular Hbond substituents is 1. The average Bonchev–Trinajstić information content (AvgIpc) is 3.23. The number of hydrogen-bond donors (Lipinski definition) is 5. The van der Waals surface area contributed by atoms with Crippen molar-refractivity contribution in [3.63, 3.8) is 0 Å². The highest BCUT2D eigenvalue weighted by Gasteiger charge is 2.45. The average molecular weight is 575 g/mol. The molecule has 1 aromatic carbocycles. The van der Waals surface area contributed by atoms with E-state index in [-0.39, 0.29) is 30.8 Å². The lowest BCUT2D eigenvalue weighted by atomic mass is 9.85. The van der Waals surface area contributed by atoms with Gasteiger partial charge in [0.25, 0.3) is 0 Å². The number of aliphatic hydroxyl groups is 4. The maximum absolute atomic E-state index is 12.3. The Kier molecular flexibility index (Phi) is 10.1. The standard InChI is InChI=1S/C29H34O12/c1-15-24-20(32)9-17(12-30)3-2-4-18(10-21(24)40-28(15)37)13-39-29-27(36)26(35)25(34)22(41-29)14-38-23(33)11-16-5-7-19(31)8-6-16/h3,5-8,10,12,20-22,24-27,29,31-32,34-36H,1-2,4,9,11,13-14H2/b17-3+,18-10+/t20-,21-,22+,24+,25+,26-,27+,29+/m0/s1. The number of carbonyl (C=O) groups is 3. The molecule has 2 fully saturated rings. The van der Waals surface area contributed by atoms with E-state index in [0.717, 1.165) is 0 Å². The van der Waals surface area contributed by atoms with E-state index in [1.165, 1.54) is 12.1 Å². The molecule has 3 aliphatic rings. The molecule has 0 unspecified atom stereocenters. The Bertz CT molecular complexity index is 1190. The number of hydrogen-bond acceptors (Lipinski definition) is 12. The summed E-state index contributed by atoms with van der Waals surface area (Å²) in [7, 11) is 0. The Hall–Kier alpha value is -3.39. The second-order valence-corrected chi connectivity index (χ2v) is 10.3. The topological polar surface area (TPSA) is 189 Å². The summed E-state index contributed by atoms with van der Waals surface area (Å²) in [6.07, 6.45) is -4.71. The van der Waals surface area contributed by atoms with Crippen molar-refractivity contribution in [3.8, 4) is 5.75 Å². The van der Waals surface area contributed by atoms with Crippen LogP contribution in [0.1, 0.15) is 24.8 Å². The van der Waals surface area contributed by atoms with Crippen molar-refractivity contribution in [1.82, 2.24) is 0 Å². The van der Waals surface area contributed by atoms with E-state index in [1.54, 1.807) is 24.3 Å². The van der Waals surface area contributed by atoms with Crippen molar-refractivity contribution >= 4 is 18.2 Å². The number of rotatable bonds is 8. The first-order valence-corrected chi connectivity index (χ1v) is 13.2. The number of fused-ring (bicyclic) bond motifs is 1. The second-order valence-electron chi connectivity index (χ2n) is 10.3. The smallest absolute Gasteiger partial charge is 0.334 e. The number of esters is 2. The van der Waals surface area contributed by atoms with Gasteiger partial charge >= 0.3 is 11.9 Å². The quantitative estimate of drug-likeness (QED) is 0.121. The summed E-state index contributed by atoms with van der Waals surface area (Å²) >= 11 is 0. The molecule has 12 nitrogen and oxygen atoms in total. The highest BCUT2D eigenvalue weighted by atomic mass is 16.7. The maximum Gasteiger partial charge on any atom is 0.334 e. The van der Waals surface area contributed by atoms with Crippen LogP contribution in [0.5, 0.6) is 5.75 Å². The molecular formula is C29H34O12. The molecule has 222 valence electrons. The minimum atomic E-state index is -1.66. The van der Waals surface area contributed by atoms with E-state index in [1.807, 2.05) is 0 Å². The highest BCUT2D eigenvalue weighted by molar-refractivity contribution is 5.91. The molecule has 4 rings (SSSR count). The summed E-state index contributed by atoms with van der Waals surface area (Å²) in [5.74, 6) is -2.01. The Balaban J connectivity index is 1.40. The van der Waals surface area contributed by atoms with E-state index in [4.69, 9.17) is 18.9 Å². The largest absolute Gasteiger partial charge is 0.508 e. The van der Waals surface area contributed by atoms with Gasteiger partial charge in [-0.1, -0.05) is 24.8 Å². The fraction of sp³-hybridized carbons (Fsp3) is 0.483. The van der Waals surface area contributed by atoms with Crippen LogP contribution in [0.3, 0.4) is 0 Å². The number of aliphatic hydroxyl groups excluding tert-OH is 4. The lowest BCUT2D eigenvalue weighted by Gasteiger charge is -2.40. The molecule has 0 aromatic heterocycles. The number of aldehydes is 1. The molecule has 0 amide bonds. The van der Waals surface area contributed by atoms with Crippen molar-refractivity contribution in [2.75, 3.05) is 13.2 Å². The lowest BCUT2D eigenvalue weighted by molar-refractivity contribution is -0.299. The van der Waals surface area contributed by atoms with Gasteiger partial charge < -0.3 is 44.5 Å². The van der Waals surface area contributed by atoms with E-state index in [2.05, 4.69) is 6.58 Å². The zero-order valence-corrected chi connectivity index (χ0v) is 22.2. The third-order valence-corrected chi connectivity index (χ3v) is 7.34. The van der Waals surface area contributed by atoms with Crippen LogP contribution >= 0.6 is 0 Å². The zero-order chi connectivity index (χ0) is 29.7. The van der Waals surface area contributed by atoms with Gasteiger partial charge in [0.05, 0.1) is 25.0 Å². The minimum Gasteiger partial charge on any atom is -0.508 e. The van der Waals surface area contributed by atoms with E-state index in [0.29, 0.717) is 35.8 Å². The normalized spacial score (nSPS) is 34.8. The van der Waals surface area contributed by atoms with Crippen LogP contribution in [0.4, 0.5) is 0 Å². The predicted molar refractivity (Wildman–Crippen MR) is 140 cm³/mol. The summed E-state index contributed by atoms with van der Waals surface area (Å²) in [4.78, 5) is 35.9. The van der Waals surface area contributed by atoms with Crippen LogP contribution in [-0.2, 0) is 39.8 Å². The van der Waals surface area contributed by atoms with Gasteiger partial charge in [-0.05, 0) is 47.8 Å². The summed E-state index contributed by atoms with van der Waals surface area (Å²) in [5.41, 5.74) is 1.66. The third kappa shape index (κ3) is 7.47. The van der Waals surface area contributed by atoms with Crippen LogP contribution in [0.15, 0.2) is 59.7 Å². The van der Waals surface area contributed by atoms with Gasteiger partial charge in [-0.25, -0.2) is 4.79 Å². The number of carbonyl (C=O) groups excluding carboxylic acids is 3. The molecule has 8 atom stereocenters. The molecule has 1 aromatic rings. The van der Waals surface area contributed by atoms with Crippen molar-refractivity contribution < 1.29 is 58.9 Å². The fourth-order valence-corrected chi connectivity index (χ4v) is 5.01. The van der Waals surface area contributed by atoms with Crippen LogP contribution in [-0.4, -0.2) is 99.9 Å². The number of ether oxygens (including phenoxy) is 4. The zero-order valence-electron chi connectivity index (χ0n) is 22.2. The van der Waals surface area contributed by atoms with E-state index < -0.39 is 67.4 Å². The Morgan fingerprint density at radius 1 is 1.10 bits per heavy atom. The summed E-state index contributed by atoms with van der Waals surface area (Å²) in [6, 6.07) is 5.97. The Morgan fingerprint density at radius 3 is 2.54 bits per heavy atom. The summed E-state index contributed by atoms with van der Waals surface area (Å²) in [5, 5.41) is 51.3. The SMILES string of the molecule is C=C1C(=O)O[C@H]2/C=C(/CO[C@@H]3O[C@H](COC(=O)Cc4ccc(O)cc4)[C@@H](O)[C@H](O)[C@H]3O)CC/C=C(/C=O)C[C@H](O)[C@@H]12. The number of phenols is 1. The molecule has 0 radical (unpaired) electrons. The van der Waals surface area contributed by atoms with Gasteiger partial charge in [0.15, 0.2) is 6.29 Å². The molecule has 41 heavy (non-hydrogen) atoms. The van der Waals surface area contributed by atoms with Crippen LogP contribution < -0.4 is 0 Å². The first-order valence-electron chi connectivity index (χ1n) is 13.2. The van der Waals surface area contributed by atoms with Crippen molar-refractivity contribution in [3.05, 3.63) is 65.3 Å². The Labute approximate surface area is 236 Å². The monoisotopic (exact) mass is 574 g/mol. The van der Waals surface area contributed by atoms with Crippen molar-refractivity contribution in [2.24, 2.45) is 5.92 Å². The predicted octanol–water partition coefficient (Wildman–Crippen LogP) is -0.00360. The molecule has 12 heteroatoms. The number of benzene rings is 1. The molecular weight excluding hydrogens is 540 g/mol. The van der Waals surface area contributed by atoms with Gasteiger partial charge in [-0.15, -0.1) is 0 Å².